The number of halogens is 1. The number of hydrogen-bond donors (Lipinski definition) is 2. The van der Waals surface area contributed by atoms with Gasteiger partial charge < -0.3 is 11.1 Å². The third-order valence-electron chi connectivity index (χ3n) is 2.91. The summed E-state index contributed by atoms with van der Waals surface area (Å²) in [4.78, 5) is 12.0. The molecule has 0 bridgehead atoms. The molecule has 3 nitrogen and oxygen atoms in total. The largest absolute Gasteiger partial charge is 0.398 e. The molecule has 0 unspecified atom stereocenters. The number of anilines is 1. The van der Waals surface area contributed by atoms with E-state index in [0.717, 1.165) is 11.6 Å². The van der Waals surface area contributed by atoms with Crippen LogP contribution >= 0.6 is 0 Å². The zero-order valence-electron chi connectivity index (χ0n) is 10.6. The van der Waals surface area contributed by atoms with Gasteiger partial charge in [0.2, 0.25) is 0 Å². The van der Waals surface area contributed by atoms with Gasteiger partial charge in [0, 0.05) is 5.69 Å². The molecule has 0 fully saturated rings. The topological polar surface area (TPSA) is 55.1 Å². The summed E-state index contributed by atoms with van der Waals surface area (Å²) >= 11 is 0. The molecule has 19 heavy (non-hydrogen) atoms. The van der Waals surface area contributed by atoms with Crippen LogP contribution in [0.3, 0.4) is 0 Å². The van der Waals surface area contributed by atoms with Crippen molar-refractivity contribution in [3.63, 3.8) is 0 Å². The molecule has 1 amide bonds. The molecule has 0 heterocycles. The van der Waals surface area contributed by atoms with Gasteiger partial charge in [-0.15, -0.1) is 0 Å². The van der Waals surface area contributed by atoms with E-state index in [1.807, 2.05) is 37.3 Å². The van der Waals surface area contributed by atoms with Crippen LogP contribution in [0.2, 0.25) is 0 Å². The maximum atomic E-state index is 12.9. The van der Waals surface area contributed by atoms with Gasteiger partial charge in [-0.3, -0.25) is 4.79 Å². The summed E-state index contributed by atoms with van der Waals surface area (Å²) in [5.41, 5.74) is 7.05. The molecular formula is C15H15FN2O. The number of rotatable bonds is 3. The maximum absolute atomic E-state index is 12.9. The van der Waals surface area contributed by atoms with Gasteiger partial charge in [-0.05, 0) is 30.7 Å². The number of nitrogens with one attached hydrogen (secondary N) is 1. The lowest BCUT2D eigenvalue weighted by Crippen LogP contribution is -2.27. The molecule has 0 aromatic heterocycles. The normalized spacial score (nSPS) is 11.9. The first-order chi connectivity index (χ1) is 9.08. The third kappa shape index (κ3) is 3.10. The summed E-state index contributed by atoms with van der Waals surface area (Å²) in [5.74, 6) is -0.765. The van der Waals surface area contributed by atoms with Crippen LogP contribution in [0.1, 0.15) is 28.9 Å². The predicted octanol–water partition coefficient (Wildman–Crippen LogP) is 2.90. The van der Waals surface area contributed by atoms with Crippen LogP contribution in [0.25, 0.3) is 0 Å². The second-order valence-corrected chi connectivity index (χ2v) is 4.34. The van der Waals surface area contributed by atoms with Crippen molar-refractivity contribution in [3.05, 3.63) is 65.5 Å². The number of nitrogen functional groups attached to an aromatic ring is 1. The summed E-state index contributed by atoms with van der Waals surface area (Å²) in [6.45, 7) is 1.88. The van der Waals surface area contributed by atoms with Crippen LogP contribution in [-0.4, -0.2) is 5.91 Å². The van der Waals surface area contributed by atoms with Gasteiger partial charge in [0.05, 0.1) is 11.6 Å². The molecule has 2 aromatic rings. The lowest BCUT2D eigenvalue weighted by molar-refractivity contribution is 0.0941. The zero-order valence-corrected chi connectivity index (χ0v) is 10.6. The standard InChI is InChI=1S/C15H15FN2O/c1-10(11-5-3-2-4-6-11)18-15(19)13-8-7-12(16)9-14(13)17/h2-10H,17H2,1H3,(H,18,19)/t10-/m1/s1. The van der Waals surface area contributed by atoms with E-state index in [4.69, 9.17) is 5.73 Å². The fraction of sp³-hybridized carbons (Fsp3) is 0.133. The Kier molecular flexibility index (Phi) is 3.80. The lowest BCUT2D eigenvalue weighted by Gasteiger charge is -2.15. The van der Waals surface area contributed by atoms with Gasteiger partial charge in [0.15, 0.2) is 0 Å². The number of amides is 1. The van der Waals surface area contributed by atoms with Crippen molar-refractivity contribution >= 4 is 11.6 Å². The van der Waals surface area contributed by atoms with Gasteiger partial charge in [0.1, 0.15) is 5.82 Å². The number of benzene rings is 2. The molecule has 0 aliphatic carbocycles. The van der Waals surface area contributed by atoms with E-state index in [1.165, 1.54) is 12.1 Å². The van der Waals surface area contributed by atoms with E-state index in [-0.39, 0.29) is 23.2 Å². The molecule has 1 atom stereocenters. The highest BCUT2D eigenvalue weighted by atomic mass is 19.1. The molecule has 3 N–H and O–H groups in total. The smallest absolute Gasteiger partial charge is 0.253 e. The van der Waals surface area contributed by atoms with E-state index >= 15 is 0 Å². The monoisotopic (exact) mass is 258 g/mol. The molecule has 98 valence electrons. The highest BCUT2D eigenvalue weighted by Gasteiger charge is 2.13. The Morgan fingerprint density at radius 2 is 1.89 bits per heavy atom. The molecular weight excluding hydrogens is 243 g/mol. The van der Waals surface area contributed by atoms with E-state index in [0.29, 0.717) is 0 Å². The second kappa shape index (κ2) is 5.52. The van der Waals surface area contributed by atoms with E-state index in [2.05, 4.69) is 5.32 Å². The van der Waals surface area contributed by atoms with Crippen molar-refractivity contribution in [2.75, 3.05) is 5.73 Å². The Morgan fingerprint density at radius 3 is 2.53 bits per heavy atom. The summed E-state index contributed by atoms with van der Waals surface area (Å²) < 4.78 is 12.9. The number of carbonyl (C=O) groups is 1. The second-order valence-electron chi connectivity index (χ2n) is 4.34. The molecule has 0 saturated carbocycles. The highest BCUT2D eigenvalue weighted by Crippen LogP contribution is 2.16. The van der Waals surface area contributed by atoms with Crippen molar-refractivity contribution in [1.29, 1.82) is 0 Å². The van der Waals surface area contributed by atoms with Gasteiger partial charge in [0.25, 0.3) is 5.91 Å². The summed E-state index contributed by atoms with van der Waals surface area (Å²) in [6.07, 6.45) is 0. The Balaban J connectivity index is 2.13. The SMILES string of the molecule is C[C@@H](NC(=O)c1ccc(F)cc1N)c1ccccc1. The third-order valence-corrected chi connectivity index (χ3v) is 2.91. The first kappa shape index (κ1) is 13.1. The average molecular weight is 258 g/mol. The molecule has 0 aliphatic rings. The van der Waals surface area contributed by atoms with Crippen LogP contribution in [-0.2, 0) is 0 Å². The lowest BCUT2D eigenvalue weighted by atomic mass is 10.1. The van der Waals surface area contributed by atoms with Crippen molar-refractivity contribution in [2.45, 2.75) is 13.0 Å². The van der Waals surface area contributed by atoms with Crippen LogP contribution in [0.4, 0.5) is 10.1 Å². The van der Waals surface area contributed by atoms with E-state index in [1.54, 1.807) is 0 Å². The minimum atomic E-state index is -0.454. The first-order valence-electron chi connectivity index (χ1n) is 5.99. The molecule has 0 spiro atoms. The van der Waals surface area contributed by atoms with Gasteiger partial charge >= 0.3 is 0 Å². The average Bonchev–Trinajstić information content (AvgIpc) is 2.39. The van der Waals surface area contributed by atoms with Gasteiger partial charge in [-0.25, -0.2) is 4.39 Å². The fourth-order valence-electron chi connectivity index (χ4n) is 1.84. The molecule has 0 saturated heterocycles. The number of carbonyl (C=O) groups excluding carboxylic acids is 1. The molecule has 0 radical (unpaired) electrons. The number of nitrogens with two attached hydrogens (primary N) is 1. The highest BCUT2D eigenvalue weighted by molar-refractivity contribution is 5.99. The van der Waals surface area contributed by atoms with Crippen molar-refractivity contribution in [1.82, 2.24) is 5.32 Å². The molecule has 0 aliphatic heterocycles. The molecule has 2 rings (SSSR count). The van der Waals surface area contributed by atoms with Gasteiger partial charge in [-0.2, -0.15) is 0 Å². The fourth-order valence-corrected chi connectivity index (χ4v) is 1.84. The minimum Gasteiger partial charge on any atom is -0.398 e. The Morgan fingerprint density at radius 1 is 1.21 bits per heavy atom. The first-order valence-corrected chi connectivity index (χ1v) is 5.99. The number of hydrogen-bond acceptors (Lipinski definition) is 2. The van der Waals surface area contributed by atoms with Crippen molar-refractivity contribution < 1.29 is 9.18 Å². The van der Waals surface area contributed by atoms with Crippen LogP contribution in [0.5, 0.6) is 0 Å². The van der Waals surface area contributed by atoms with Crippen LogP contribution in [0, 0.1) is 5.82 Å². The Bertz CT molecular complexity index is 584. The Hall–Kier alpha value is -2.36. The van der Waals surface area contributed by atoms with Gasteiger partial charge in [-0.1, -0.05) is 30.3 Å². The minimum absolute atomic E-state index is 0.137. The Labute approximate surface area is 111 Å². The molecule has 4 heteroatoms. The molecule has 2 aromatic carbocycles. The summed E-state index contributed by atoms with van der Waals surface area (Å²) in [6, 6.07) is 13.2. The van der Waals surface area contributed by atoms with Crippen molar-refractivity contribution in [3.8, 4) is 0 Å². The summed E-state index contributed by atoms with van der Waals surface area (Å²) in [5, 5.41) is 2.83. The predicted molar refractivity (Wildman–Crippen MR) is 73.1 cm³/mol. The van der Waals surface area contributed by atoms with Crippen LogP contribution < -0.4 is 11.1 Å². The summed E-state index contributed by atoms with van der Waals surface area (Å²) in [7, 11) is 0. The van der Waals surface area contributed by atoms with E-state index < -0.39 is 5.82 Å². The van der Waals surface area contributed by atoms with Crippen LogP contribution in [0.15, 0.2) is 48.5 Å². The van der Waals surface area contributed by atoms with E-state index in [9.17, 15) is 9.18 Å². The zero-order chi connectivity index (χ0) is 13.8. The maximum Gasteiger partial charge on any atom is 0.253 e. The van der Waals surface area contributed by atoms with Crippen molar-refractivity contribution in [2.24, 2.45) is 0 Å². The quantitative estimate of drug-likeness (QED) is 0.832.